The lowest BCUT2D eigenvalue weighted by molar-refractivity contribution is -0.191. The maximum absolute atomic E-state index is 12.8. The van der Waals surface area contributed by atoms with Crippen molar-refractivity contribution in [3.63, 3.8) is 0 Å². The zero-order valence-electron chi connectivity index (χ0n) is 14.0. The van der Waals surface area contributed by atoms with Gasteiger partial charge in [0.1, 0.15) is 11.2 Å². The van der Waals surface area contributed by atoms with Gasteiger partial charge in [0.15, 0.2) is 0 Å². The summed E-state index contributed by atoms with van der Waals surface area (Å²) in [6.45, 7) is 1.99. The Morgan fingerprint density at radius 3 is 2.62 bits per heavy atom. The number of ketones is 1. The highest BCUT2D eigenvalue weighted by molar-refractivity contribution is 5.90. The van der Waals surface area contributed by atoms with Crippen molar-refractivity contribution in [2.45, 2.75) is 44.8 Å². The Morgan fingerprint density at radius 2 is 2.00 bits per heavy atom. The van der Waals surface area contributed by atoms with E-state index < -0.39 is 23.6 Å². The summed E-state index contributed by atoms with van der Waals surface area (Å²) in [5, 5.41) is 10.7. The van der Waals surface area contributed by atoms with Gasteiger partial charge < -0.3 is 14.6 Å². The number of aryl methyl sites for hydroxylation is 1. The number of esters is 1. The largest absolute Gasteiger partial charge is 0.463 e. The van der Waals surface area contributed by atoms with Gasteiger partial charge in [0.2, 0.25) is 12.0 Å². The molecular weight excluding hydrogens is 308 g/mol. The van der Waals surface area contributed by atoms with E-state index in [1.54, 1.807) is 6.08 Å². The first-order valence-corrected chi connectivity index (χ1v) is 8.24. The summed E-state index contributed by atoms with van der Waals surface area (Å²) in [6, 6.07) is 7.80. The van der Waals surface area contributed by atoms with Gasteiger partial charge in [0.25, 0.3) is 0 Å². The molecule has 1 heterocycles. The Kier molecular flexibility index (Phi) is 4.45. The second-order valence-corrected chi connectivity index (χ2v) is 6.55. The van der Waals surface area contributed by atoms with Gasteiger partial charge in [-0.25, -0.2) is 4.79 Å². The smallest absolute Gasteiger partial charge is 0.373 e. The molecule has 5 nitrogen and oxygen atoms in total. The van der Waals surface area contributed by atoms with Crippen LogP contribution in [-0.2, 0) is 19.1 Å². The lowest BCUT2D eigenvalue weighted by atomic mass is 9.61. The number of aliphatic hydroxyl groups is 1. The monoisotopic (exact) mass is 330 g/mol. The summed E-state index contributed by atoms with van der Waals surface area (Å²) >= 11 is 0. The predicted molar refractivity (Wildman–Crippen MR) is 87.0 cm³/mol. The molecule has 0 saturated heterocycles. The first kappa shape index (κ1) is 16.7. The summed E-state index contributed by atoms with van der Waals surface area (Å²) < 4.78 is 10.1. The van der Waals surface area contributed by atoms with Crippen LogP contribution < -0.4 is 0 Å². The standard InChI is InChI=1S/C19H22O5/c1-12-6-8-13(9-7-12)14-11-15(17(21)23-2)24-18(22)19(14)10-4-3-5-16(19)20/h6-9,11,14,18,22H,3-5,10H2,1-2H3/t14-,18?,19+/m1/s1. The molecule has 1 N–H and O–H groups in total. The van der Waals surface area contributed by atoms with Gasteiger partial charge in [0.05, 0.1) is 7.11 Å². The molecule has 0 aromatic heterocycles. The van der Waals surface area contributed by atoms with E-state index in [-0.39, 0.29) is 11.5 Å². The molecule has 1 aromatic rings. The van der Waals surface area contributed by atoms with Gasteiger partial charge in [-0.1, -0.05) is 36.2 Å². The van der Waals surface area contributed by atoms with E-state index in [4.69, 9.17) is 9.47 Å². The maximum Gasteiger partial charge on any atom is 0.373 e. The molecule has 1 saturated carbocycles. The molecule has 1 spiro atoms. The molecule has 3 atom stereocenters. The third kappa shape index (κ3) is 2.63. The number of carbonyl (C=O) groups is 2. The van der Waals surface area contributed by atoms with Crippen molar-refractivity contribution < 1.29 is 24.2 Å². The number of rotatable bonds is 2. The summed E-state index contributed by atoms with van der Waals surface area (Å²) in [4.78, 5) is 24.7. The minimum absolute atomic E-state index is 0.00742. The third-order valence-corrected chi connectivity index (χ3v) is 5.14. The molecule has 1 fully saturated rings. The molecule has 128 valence electrons. The van der Waals surface area contributed by atoms with Crippen LogP contribution in [0.1, 0.15) is 42.7 Å². The molecule has 0 amide bonds. The van der Waals surface area contributed by atoms with E-state index in [2.05, 4.69) is 0 Å². The normalized spacial score (nSPS) is 29.8. The lowest BCUT2D eigenvalue weighted by Crippen LogP contribution is -2.52. The molecular formula is C19H22O5. The van der Waals surface area contributed by atoms with Crippen LogP contribution >= 0.6 is 0 Å². The van der Waals surface area contributed by atoms with Gasteiger partial charge in [-0.3, -0.25) is 4.79 Å². The molecule has 3 rings (SSSR count). The number of allylic oxidation sites excluding steroid dienone is 1. The molecule has 0 bridgehead atoms. The minimum Gasteiger partial charge on any atom is -0.463 e. The van der Waals surface area contributed by atoms with Gasteiger partial charge in [-0.05, 0) is 31.4 Å². The molecule has 1 aliphatic heterocycles. The average molecular weight is 330 g/mol. The molecule has 5 heteroatoms. The van der Waals surface area contributed by atoms with Crippen molar-refractivity contribution in [1.29, 1.82) is 0 Å². The van der Waals surface area contributed by atoms with Crippen molar-refractivity contribution in [3.8, 4) is 0 Å². The summed E-state index contributed by atoms with van der Waals surface area (Å²) in [6.07, 6.45) is 2.90. The van der Waals surface area contributed by atoms with Crippen LogP contribution in [0.5, 0.6) is 0 Å². The predicted octanol–water partition coefficient (Wildman–Crippen LogP) is 2.61. The van der Waals surface area contributed by atoms with E-state index >= 15 is 0 Å². The van der Waals surface area contributed by atoms with Crippen molar-refractivity contribution in [1.82, 2.24) is 0 Å². The Hall–Kier alpha value is -2.14. The molecule has 2 aliphatic rings. The summed E-state index contributed by atoms with van der Waals surface area (Å²) in [7, 11) is 1.26. The number of aliphatic hydroxyl groups excluding tert-OH is 1. The highest BCUT2D eigenvalue weighted by Crippen LogP contribution is 2.51. The number of hydrogen-bond donors (Lipinski definition) is 1. The summed E-state index contributed by atoms with van der Waals surface area (Å²) in [5.74, 6) is -1.11. The topological polar surface area (TPSA) is 72.8 Å². The Balaban J connectivity index is 2.12. The van der Waals surface area contributed by atoms with Gasteiger partial charge in [-0.2, -0.15) is 0 Å². The lowest BCUT2D eigenvalue weighted by Gasteiger charge is -2.46. The third-order valence-electron chi connectivity index (χ3n) is 5.14. The molecule has 1 unspecified atom stereocenters. The zero-order chi connectivity index (χ0) is 17.3. The fourth-order valence-electron chi connectivity index (χ4n) is 3.77. The van der Waals surface area contributed by atoms with Crippen LogP contribution in [0.3, 0.4) is 0 Å². The van der Waals surface area contributed by atoms with Crippen LogP contribution in [0.25, 0.3) is 0 Å². The number of hydrogen-bond acceptors (Lipinski definition) is 5. The Morgan fingerprint density at radius 1 is 1.29 bits per heavy atom. The number of methoxy groups -OCH3 is 1. The minimum atomic E-state index is -1.35. The number of carbonyl (C=O) groups excluding carboxylic acids is 2. The number of benzene rings is 1. The van der Waals surface area contributed by atoms with Crippen LogP contribution in [0.15, 0.2) is 36.1 Å². The quantitative estimate of drug-likeness (QED) is 0.844. The van der Waals surface area contributed by atoms with Gasteiger partial charge in [0, 0.05) is 12.3 Å². The first-order chi connectivity index (χ1) is 11.5. The van der Waals surface area contributed by atoms with E-state index in [9.17, 15) is 14.7 Å². The van der Waals surface area contributed by atoms with Crippen molar-refractivity contribution in [2.75, 3.05) is 7.11 Å². The van der Waals surface area contributed by atoms with E-state index in [0.29, 0.717) is 12.8 Å². The SMILES string of the molecule is COC(=O)C1=C[C@H](c2ccc(C)cc2)[C@]2(CCCCC2=O)C(O)O1. The fourth-order valence-corrected chi connectivity index (χ4v) is 3.77. The van der Waals surface area contributed by atoms with Crippen LogP contribution in [-0.4, -0.2) is 30.3 Å². The molecule has 1 aliphatic carbocycles. The maximum atomic E-state index is 12.8. The van der Waals surface area contributed by atoms with Gasteiger partial charge in [-0.15, -0.1) is 0 Å². The Bertz CT molecular complexity index is 676. The van der Waals surface area contributed by atoms with Crippen molar-refractivity contribution in [3.05, 3.63) is 47.2 Å². The van der Waals surface area contributed by atoms with Crippen LogP contribution in [0.4, 0.5) is 0 Å². The second kappa shape index (κ2) is 6.40. The van der Waals surface area contributed by atoms with Gasteiger partial charge >= 0.3 is 5.97 Å². The Labute approximate surface area is 141 Å². The van der Waals surface area contributed by atoms with E-state index in [1.165, 1.54) is 7.11 Å². The molecule has 1 aromatic carbocycles. The zero-order valence-corrected chi connectivity index (χ0v) is 14.0. The fraction of sp³-hybridized carbons (Fsp3) is 0.474. The highest BCUT2D eigenvalue weighted by Gasteiger charge is 2.55. The van der Waals surface area contributed by atoms with Crippen molar-refractivity contribution in [2.24, 2.45) is 5.41 Å². The van der Waals surface area contributed by atoms with E-state index in [0.717, 1.165) is 24.0 Å². The van der Waals surface area contributed by atoms with E-state index in [1.807, 2.05) is 31.2 Å². The first-order valence-electron chi connectivity index (χ1n) is 8.24. The van der Waals surface area contributed by atoms with Crippen LogP contribution in [0.2, 0.25) is 0 Å². The molecule has 0 radical (unpaired) electrons. The second-order valence-electron chi connectivity index (χ2n) is 6.55. The average Bonchev–Trinajstić information content (AvgIpc) is 2.59. The molecule has 24 heavy (non-hydrogen) atoms. The summed E-state index contributed by atoms with van der Waals surface area (Å²) in [5.41, 5.74) is 0.956. The van der Waals surface area contributed by atoms with Crippen molar-refractivity contribution >= 4 is 11.8 Å². The number of ether oxygens (including phenoxy) is 2. The van der Waals surface area contributed by atoms with Crippen LogP contribution in [0, 0.1) is 12.3 Å². The number of Topliss-reactive ketones (excluding diaryl/α,β-unsaturated/α-hetero) is 1. The highest BCUT2D eigenvalue weighted by atomic mass is 16.6.